The van der Waals surface area contributed by atoms with Crippen LogP contribution in [0.1, 0.15) is 56.8 Å². The molecular weight excluding hydrogens is 425 g/mol. The lowest BCUT2D eigenvalue weighted by Crippen LogP contribution is -2.33. The summed E-state index contributed by atoms with van der Waals surface area (Å²) in [6.45, 7) is 6.25. The summed E-state index contributed by atoms with van der Waals surface area (Å²) in [5.74, 6) is -1.57. The number of hydrogen-bond donors (Lipinski definition) is 2. The minimum absolute atomic E-state index is 0.0682. The van der Waals surface area contributed by atoms with Gasteiger partial charge in [-0.1, -0.05) is 62.2 Å². The Labute approximate surface area is 186 Å². The number of aliphatic carboxylic acids is 1. The van der Waals surface area contributed by atoms with Gasteiger partial charge in [-0.05, 0) is 41.7 Å². The highest BCUT2D eigenvalue weighted by atomic mass is 35.5. The summed E-state index contributed by atoms with van der Waals surface area (Å²) in [5, 5.41) is 13.1. The molecule has 0 saturated heterocycles. The second-order valence-electron chi connectivity index (χ2n) is 8.56. The standard InChI is InChI=1S/C23H25Cl2NO4/c1-23(2,3)20(14-6-4-5-7-16(14)25)21-15-12-13(24)8-9-17(15)26-22(29)18(30-21)10-11-19(27)28/h4-9,12,18,20-21H,10-11H2,1-3H3,(H,26,29)(H,27,28)/t18-,20?,21+/m0/s1. The number of benzene rings is 2. The van der Waals surface area contributed by atoms with Crippen molar-refractivity contribution in [3.05, 3.63) is 63.6 Å². The first-order chi connectivity index (χ1) is 14.1. The van der Waals surface area contributed by atoms with Crippen LogP contribution < -0.4 is 5.32 Å². The Balaban J connectivity index is 2.16. The third-order valence-corrected chi connectivity index (χ3v) is 5.86. The maximum atomic E-state index is 12.8. The predicted molar refractivity (Wildman–Crippen MR) is 118 cm³/mol. The van der Waals surface area contributed by atoms with Crippen molar-refractivity contribution in [2.45, 2.75) is 51.7 Å². The van der Waals surface area contributed by atoms with Gasteiger partial charge in [0, 0.05) is 33.6 Å². The van der Waals surface area contributed by atoms with Gasteiger partial charge in [-0.2, -0.15) is 0 Å². The fourth-order valence-electron chi connectivity index (χ4n) is 3.93. The Morgan fingerprint density at radius 2 is 1.90 bits per heavy atom. The number of carbonyl (C=O) groups is 2. The zero-order valence-corrected chi connectivity index (χ0v) is 18.6. The number of amides is 1. The predicted octanol–water partition coefficient (Wildman–Crippen LogP) is 6.07. The van der Waals surface area contributed by atoms with Gasteiger partial charge in [0.25, 0.3) is 5.91 Å². The number of ether oxygens (including phenoxy) is 1. The van der Waals surface area contributed by atoms with E-state index in [1.54, 1.807) is 18.2 Å². The third-order valence-electron chi connectivity index (χ3n) is 5.28. The van der Waals surface area contributed by atoms with Gasteiger partial charge in [-0.3, -0.25) is 9.59 Å². The summed E-state index contributed by atoms with van der Waals surface area (Å²) in [7, 11) is 0. The number of rotatable bonds is 5. The number of carboxylic acid groups (broad SMARTS) is 1. The van der Waals surface area contributed by atoms with Crippen molar-refractivity contribution < 1.29 is 19.4 Å². The molecule has 2 N–H and O–H groups in total. The number of carboxylic acids is 1. The largest absolute Gasteiger partial charge is 0.481 e. The molecule has 7 heteroatoms. The molecule has 1 unspecified atom stereocenters. The van der Waals surface area contributed by atoms with E-state index in [-0.39, 0.29) is 30.1 Å². The lowest BCUT2D eigenvalue weighted by molar-refractivity contribution is -0.140. The second-order valence-corrected chi connectivity index (χ2v) is 9.41. The molecule has 0 aliphatic carbocycles. The molecule has 2 aromatic carbocycles. The molecule has 1 heterocycles. The smallest absolute Gasteiger partial charge is 0.303 e. The normalized spacial score (nSPS) is 20.1. The number of fused-ring (bicyclic) bond motifs is 1. The average Bonchev–Trinajstić information content (AvgIpc) is 2.77. The molecule has 0 radical (unpaired) electrons. The van der Waals surface area contributed by atoms with E-state index in [1.165, 1.54) is 0 Å². The second kappa shape index (κ2) is 8.96. The SMILES string of the molecule is CC(C)(C)C(c1ccccc1Cl)[C@@H]1O[C@@H](CCC(=O)O)C(=O)Nc2ccc(Cl)cc21. The minimum atomic E-state index is -0.980. The Morgan fingerprint density at radius 3 is 2.53 bits per heavy atom. The highest BCUT2D eigenvalue weighted by Gasteiger charge is 2.41. The topological polar surface area (TPSA) is 75.6 Å². The van der Waals surface area contributed by atoms with Crippen LogP contribution in [0.2, 0.25) is 10.0 Å². The molecule has 3 rings (SSSR count). The van der Waals surface area contributed by atoms with E-state index in [4.69, 9.17) is 33.0 Å². The van der Waals surface area contributed by atoms with Crippen LogP contribution in [0.25, 0.3) is 0 Å². The monoisotopic (exact) mass is 449 g/mol. The molecule has 0 fully saturated rings. The van der Waals surface area contributed by atoms with Crippen molar-refractivity contribution in [3.8, 4) is 0 Å². The van der Waals surface area contributed by atoms with Gasteiger partial charge in [0.15, 0.2) is 0 Å². The van der Waals surface area contributed by atoms with E-state index in [9.17, 15) is 9.59 Å². The maximum Gasteiger partial charge on any atom is 0.303 e. The molecule has 5 nitrogen and oxygen atoms in total. The number of carbonyl (C=O) groups excluding carboxylic acids is 1. The van der Waals surface area contributed by atoms with E-state index in [0.29, 0.717) is 15.7 Å². The fraction of sp³-hybridized carbons (Fsp3) is 0.391. The third kappa shape index (κ3) is 4.97. The number of hydrogen-bond acceptors (Lipinski definition) is 3. The molecule has 3 atom stereocenters. The number of nitrogens with one attached hydrogen (secondary N) is 1. The number of anilines is 1. The Morgan fingerprint density at radius 1 is 1.20 bits per heavy atom. The molecule has 1 aliphatic rings. The highest BCUT2D eigenvalue weighted by molar-refractivity contribution is 6.31. The van der Waals surface area contributed by atoms with Crippen LogP contribution in [0.15, 0.2) is 42.5 Å². The average molecular weight is 450 g/mol. The Hall–Kier alpha value is -2.08. The van der Waals surface area contributed by atoms with Crippen LogP contribution in [0.4, 0.5) is 5.69 Å². The zero-order valence-electron chi connectivity index (χ0n) is 17.1. The van der Waals surface area contributed by atoms with Crippen LogP contribution in [0, 0.1) is 5.41 Å². The quantitative estimate of drug-likeness (QED) is 0.580. The Kier molecular flexibility index (Phi) is 6.75. The van der Waals surface area contributed by atoms with Crippen molar-refractivity contribution in [2.75, 3.05) is 5.32 Å². The molecule has 0 aromatic heterocycles. The molecule has 1 amide bonds. The minimum Gasteiger partial charge on any atom is -0.481 e. The summed E-state index contributed by atoms with van der Waals surface area (Å²) in [6.07, 6.45) is -1.58. The summed E-state index contributed by atoms with van der Waals surface area (Å²) < 4.78 is 6.36. The highest BCUT2D eigenvalue weighted by Crippen LogP contribution is 2.51. The van der Waals surface area contributed by atoms with Gasteiger partial charge < -0.3 is 15.2 Å². The van der Waals surface area contributed by atoms with Crippen molar-refractivity contribution >= 4 is 40.8 Å². The Bertz CT molecular complexity index is 954. The summed E-state index contributed by atoms with van der Waals surface area (Å²) in [6, 6.07) is 12.8. The molecule has 0 spiro atoms. The fourth-order valence-corrected chi connectivity index (χ4v) is 4.36. The summed E-state index contributed by atoms with van der Waals surface area (Å²) in [5.41, 5.74) is 1.95. The van der Waals surface area contributed by atoms with Gasteiger partial charge in [-0.15, -0.1) is 0 Å². The molecule has 2 aromatic rings. The first kappa shape index (κ1) is 22.6. The van der Waals surface area contributed by atoms with Crippen molar-refractivity contribution in [1.29, 1.82) is 0 Å². The van der Waals surface area contributed by atoms with Gasteiger partial charge in [0.2, 0.25) is 0 Å². The van der Waals surface area contributed by atoms with Gasteiger partial charge in [0.05, 0.1) is 6.10 Å². The molecule has 0 saturated carbocycles. The first-order valence-corrected chi connectivity index (χ1v) is 10.6. The first-order valence-electron chi connectivity index (χ1n) is 9.80. The van der Waals surface area contributed by atoms with Crippen LogP contribution in [-0.4, -0.2) is 23.1 Å². The van der Waals surface area contributed by atoms with Crippen LogP contribution >= 0.6 is 23.2 Å². The van der Waals surface area contributed by atoms with E-state index in [0.717, 1.165) is 11.1 Å². The molecule has 160 valence electrons. The lowest BCUT2D eigenvalue weighted by atomic mass is 9.71. The van der Waals surface area contributed by atoms with E-state index in [2.05, 4.69) is 26.1 Å². The van der Waals surface area contributed by atoms with Crippen LogP contribution in [0.3, 0.4) is 0 Å². The summed E-state index contributed by atoms with van der Waals surface area (Å²) in [4.78, 5) is 23.9. The number of halogens is 2. The van der Waals surface area contributed by atoms with Crippen LogP contribution in [-0.2, 0) is 14.3 Å². The van der Waals surface area contributed by atoms with Gasteiger partial charge in [0.1, 0.15) is 6.10 Å². The van der Waals surface area contributed by atoms with Gasteiger partial charge in [-0.25, -0.2) is 0 Å². The van der Waals surface area contributed by atoms with Crippen molar-refractivity contribution in [2.24, 2.45) is 5.41 Å². The van der Waals surface area contributed by atoms with Crippen LogP contribution in [0.5, 0.6) is 0 Å². The molecule has 1 aliphatic heterocycles. The molecule has 30 heavy (non-hydrogen) atoms. The maximum absolute atomic E-state index is 12.8. The van der Waals surface area contributed by atoms with E-state index >= 15 is 0 Å². The molecule has 0 bridgehead atoms. The van der Waals surface area contributed by atoms with E-state index in [1.807, 2.05) is 24.3 Å². The van der Waals surface area contributed by atoms with Crippen molar-refractivity contribution in [1.82, 2.24) is 0 Å². The lowest BCUT2D eigenvalue weighted by Gasteiger charge is -2.39. The molecular formula is C23H25Cl2NO4. The summed E-state index contributed by atoms with van der Waals surface area (Å²) >= 11 is 12.9. The van der Waals surface area contributed by atoms with Crippen molar-refractivity contribution in [3.63, 3.8) is 0 Å². The zero-order chi connectivity index (χ0) is 22.1. The van der Waals surface area contributed by atoms with Gasteiger partial charge >= 0.3 is 5.97 Å². The van der Waals surface area contributed by atoms with E-state index < -0.39 is 18.2 Å².